The van der Waals surface area contributed by atoms with E-state index in [2.05, 4.69) is 5.32 Å². The molecule has 554 valence electrons. The van der Waals surface area contributed by atoms with Crippen LogP contribution in [0.3, 0.4) is 0 Å². The zero-order valence-corrected chi connectivity index (χ0v) is 58.4. The van der Waals surface area contributed by atoms with Crippen LogP contribution in [0, 0.1) is 28.6 Å². The van der Waals surface area contributed by atoms with Crippen molar-refractivity contribution in [2.45, 2.75) is 164 Å². The van der Waals surface area contributed by atoms with Gasteiger partial charge in [-0.2, -0.15) is 0 Å². The summed E-state index contributed by atoms with van der Waals surface area (Å²) in [6.45, 7) is 9.90. The average molecular weight is 1440 g/mol. The fourth-order valence-electron chi connectivity index (χ4n) is 16.9. The van der Waals surface area contributed by atoms with Crippen molar-refractivity contribution in [3.63, 3.8) is 0 Å². The lowest BCUT2D eigenvalue weighted by atomic mass is 9.44. The van der Waals surface area contributed by atoms with Gasteiger partial charge in [0.1, 0.15) is 48.3 Å². The van der Waals surface area contributed by atoms with Crippen LogP contribution in [0.15, 0.2) is 126 Å². The number of aliphatic hydroxyl groups is 5. The highest BCUT2D eigenvalue weighted by atomic mass is 16.8. The molecule has 0 radical (unpaired) electrons. The second kappa shape index (κ2) is 28.4. The number of fused-ring (bicyclic) bond motifs is 9. The molecule has 9 aliphatic rings. The van der Waals surface area contributed by atoms with Gasteiger partial charge in [-0.3, -0.25) is 24.0 Å². The van der Waals surface area contributed by atoms with Gasteiger partial charge in [0, 0.05) is 49.5 Å². The monoisotopic (exact) mass is 1440 g/mol. The van der Waals surface area contributed by atoms with Crippen LogP contribution in [0.25, 0.3) is 0 Å². The molecule has 5 heterocycles. The molecule has 14 rings (SSSR count). The molecule has 2 bridgehead atoms. The van der Waals surface area contributed by atoms with Crippen LogP contribution in [0.1, 0.15) is 122 Å². The Bertz CT molecular complexity index is 4140. The van der Waals surface area contributed by atoms with Gasteiger partial charge in [-0.25, -0.2) is 9.59 Å². The number of nitrogens with one attached hydrogen (secondary N) is 1. The second-order valence-electron chi connectivity index (χ2n) is 28.3. The first-order valence-corrected chi connectivity index (χ1v) is 34.2. The third-order valence-corrected chi connectivity index (χ3v) is 22.2. The first kappa shape index (κ1) is 73.3. The van der Waals surface area contributed by atoms with E-state index in [1.54, 1.807) is 124 Å². The molecule has 4 saturated heterocycles. The molecule has 5 aliphatic heterocycles. The number of ketones is 1. The van der Waals surface area contributed by atoms with Crippen LogP contribution in [0.5, 0.6) is 28.7 Å². The summed E-state index contributed by atoms with van der Waals surface area (Å²) < 4.78 is 81.8. The number of aliphatic hydroxyl groups excluding tert-OH is 4. The first-order chi connectivity index (χ1) is 49.6. The Morgan fingerprint density at radius 2 is 1.36 bits per heavy atom. The number of hydrogen-bond donors (Lipinski definition) is 7. The lowest BCUT2D eigenvalue weighted by Gasteiger charge is -2.67. The van der Waals surface area contributed by atoms with E-state index in [-0.39, 0.29) is 72.6 Å². The number of methoxy groups -OCH3 is 2. The number of cyclic esters (lactones) is 1. The number of carbonyl (C=O) groups is 7. The third-order valence-electron chi connectivity index (χ3n) is 22.2. The van der Waals surface area contributed by atoms with Gasteiger partial charge in [-0.05, 0) is 103 Å². The zero-order valence-electron chi connectivity index (χ0n) is 58.4. The molecule has 104 heavy (non-hydrogen) atoms. The number of esters is 5. The van der Waals surface area contributed by atoms with Crippen LogP contribution >= 0.6 is 0 Å². The summed E-state index contributed by atoms with van der Waals surface area (Å²) in [5.74, 6) is -7.87. The summed E-state index contributed by atoms with van der Waals surface area (Å²) in [7, 11) is 2.86. The van der Waals surface area contributed by atoms with Gasteiger partial charge in [0.15, 0.2) is 59.2 Å². The number of carbonyl (C=O) groups excluding carboxylic acids is 7. The number of benzene rings is 5. The topological polar surface area (TPSA) is 382 Å². The Morgan fingerprint density at radius 1 is 0.731 bits per heavy atom. The molecule has 1 amide bonds. The van der Waals surface area contributed by atoms with E-state index >= 15 is 4.79 Å². The van der Waals surface area contributed by atoms with Crippen molar-refractivity contribution < 1.29 is 131 Å². The predicted molar refractivity (Wildman–Crippen MR) is 356 cm³/mol. The van der Waals surface area contributed by atoms with E-state index in [0.29, 0.717) is 33.8 Å². The van der Waals surface area contributed by atoms with Crippen molar-refractivity contribution in [3.8, 4) is 28.7 Å². The van der Waals surface area contributed by atoms with Gasteiger partial charge in [0.05, 0.1) is 75.1 Å². The van der Waals surface area contributed by atoms with Crippen molar-refractivity contribution in [2.75, 3.05) is 40.8 Å². The van der Waals surface area contributed by atoms with Gasteiger partial charge in [-0.15, -0.1) is 0 Å². The molecule has 6 fully saturated rings. The van der Waals surface area contributed by atoms with Crippen LogP contribution in [0.4, 0.5) is 0 Å². The summed E-state index contributed by atoms with van der Waals surface area (Å²) in [5, 5.41) is 72.7. The first-order valence-electron chi connectivity index (χ1n) is 34.2. The SMILES string of the molecule is CC(=O)O[C@H]1C(=O)[C@@]2(C)[C@H]([C@H](OC(=O)c3ccccc3)[C@]3(O)C[C@H](OC(=O)[C@H](O)[C@@H](NC(=O)c4ccccc4)c4ccccc4)C(C)=C1C3(C)C)[C@]1(OC(C)=O)CO[C@@H]1C[C@@H]2O.COc1cc([C@@H]2c3cc4c(cc3[C@@H](O[C@@H]3O[C@@H]5CO[C@@H](C)O[C@H]5[C@H](O)[C@H]3O)[C@H]3COC(=O)[C@H]23)OCO4)cc(OC)c1O. The maximum absolute atomic E-state index is 15.5. The van der Waals surface area contributed by atoms with Gasteiger partial charge in [0.25, 0.3) is 5.91 Å². The molecule has 5 aromatic rings. The molecule has 21 atom stereocenters. The number of phenolic OH excluding ortho intramolecular Hbond substituents is 1. The van der Waals surface area contributed by atoms with E-state index in [4.69, 9.17) is 66.3 Å². The van der Waals surface area contributed by atoms with Crippen molar-refractivity contribution in [1.29, 1.82) is 0 Å². The normalized spacial score (nSPS) is 33.7. The van der Waals surface area contributed by atoms with Crippen LogP contribution < -0.4 is 24.3 Å². The Hall–Kier alpha value is -9.07. The Labute approximate surface area is 597 Å². The van der Waals surface area contributed by atoms with Gasteiger partial charge in [0.2, 0.25) is 12.5 Å². The smallest absolute Gasteiger partial charge is 0.338 e. The molecule has 4 aliphatic carbocycles. The van der Waals surface area contributed by atoms with Crippen LogP contribution in [0.2, 0.25) is 0 Å². The van der Waals surface area contributed by atoms with Crippen molar-refractivity contribution in [1.82, 2.24) is 5.32 Å². The Morgan fingerprint density at radius 3 is 1.96 bits per heavy atom. The van der Waals surface area contributed by atoms with Gasteiger partial charge >= 0.3 is 29.8 Å². The number of hydrogen-bond acceptors (Lipinski definition) is 27. The summed E-state index contributed by atoms with van der Waals surface area (Å²) in [5.41, 5.74) is -5.01. The summed E-state index contributed by atoms with van der Waals surface area (Å²) >= 11 is 0. The standard InChI is InChI=1S/C47H51NO14.C29H32O13/c1-25-31(60-43(56)36(52)35(28-16-10-7-11-17-28)48-41(54)29-18-12-8-13-19-29)23-47(57)40(61-42(55)30-20-14-9-15-21-30)38-45(6,32(51)22-33-46(38,24-58-33)62-27(3)50)39(53)37(59-26(2)49)34(25)44(47,4)5;1-11-36-9-20-27(40-11)24(31)25(32)29(41-20)42-26-14-7-17-16(38-10-39-17)6-13(14)21(22-15(26)8-37-28(22)33)12-4-18(34-2)23(30)19(5-12)35-3/h7-21,31-33,35-38,40,51-52,57H,22-24H2,1-6H3,(H,48,54);4-7,11,15,20-22,24-27,29-32H,8-10H2,1-3H3/t31-,32-,33+,35-,36+,37+,38-,40-,45+,46-,47+;11-,15+,20-,21-,22+,24-,25-,26-,27-,29+/m01/s1. The summed E-state index contributed by atoms with van der Waals surface area (Å²) in [6.07, 6.45) is -17.3. The molecule has 28 nitrogen and oxygen atoms in total. The minimum atomic E-state index is -2.39. The van der Waals surface area contributed by atoms with Gasteiger partial charge in [-0.1, -0.05) is 80.6 Å². The molecular formula is C76H83NO27. The molecular weight excluding hydrogens is 1360 g/mol. The van der Waals surface area contributed by atoms with E-state index in [1.165, 1.54) is 40.2 Å². The minimum absolute atomic E-state index is 0.00289. The Balaban J connectivity index is 0.000000198. The molecule has 0 unspecified atom stereocenters. The fraction of sp³-hybridized carbons (Fsp3) is 0.487. The van der Waals surface area contributed by atoms with Crippen LogP contribution in [-0.2, 0) is 71.3 Å². The molecule has 5 aromatic carbocycles. The molecule has 7 N–H and O–H groups in total. The largest absolute Gasteiger partial charge is 0.502 e. The zero-order chi connectivity index (χ0) is 74.2. The van der Waals surface area contributed by atoms with Crippen molar-refractivity contribution in [3.05, 3.63) is 160 Å². The highest BCUT2D eigenvalue weighted by Gasteiger charge is 2.78. The van der Waals surface area contributed by atoms with E-state index in [1.807, 2.05) is 0 Å². The van der Waals surface area contributed by atoms with Crippen molar-refractivity contribution >= 4 is 41.5 Å². The highest BCUT2D eigenvalue weighted by Crippen LogP contribution is 2.65. The Kier molecular flexibility index (Phi) is 20.0. The van der Waals surface area contributed by atoms with Crippen molar-refractivity contribution in [2.24, 2.45) is 28.6 Å². The predicted octanol–water partition coefficient (Wildman–Crippen LogP) is 5.07. The number of ether oxygens (including phenoxy) is 14. The quantitative estimate of drug-likeness (QED) is 0.0408. The maximum atomic E-state index is 15.5. The number of aromatic hydroxyl groups is 1. The lowest BCUT2D eigenvalue weighted by Crippen LogP contribution is -2.82. The lowest BCUT2D eigenvalue weighted by molar-refractivity contribution is -0.364. The summed E-state index contributed by atoms with van der Waals surface area (Å²) in [4.78, 5) is 96.8. The van der Waals surface area contributed by atoms with Crippen LogP contribution in [-0.4, -0.2) is 198 Å². The second-order valence-corrected chi connectivity index (χ2v) is 28.3. The van der Waals surface area contributed by atoms with E-state index in [0.717, 1.165) is 13.8 Å². The minimum Gasteiger partial charge on any atom is -0.502 e. The molecule has 2 saturated carbocycles. The molecule has 0 aromatic heterocycles. The highest BCUT2D eigenvalue weighted by molar-refractivity contribution is 5.96. The number of phenols is 1. The average Bonchev–Trinajstić information content (AvgIpc) is 0.779. The fourth-order valence-corrected chi connectivity index (χ4v) is 16.9. The third kappa shape index (κ3) is 12.6. The molecule has 28 heteroatoms. The van der Waals surface area contributed by atoms with E-state index in [9.17, 15) is 59.4 Å². The summed E-state index contributed by atoms with van der Waals surface area (Å²) in [6, 6.07) is 29.9. The van der Waals surface area contributed by atoms with Gasteiger partial charge < -0.3 is 102 Å². The number of rotatable bonds is 15. The maximum Gasteiger partial charge on any atom is 0.338 e. The number of amides is 1. The van der Waals surface area contributed by atoms with E-state index < -0.39 is 179 Å². The number of Topliss-reactive ketones (excluding diaryl/α,β-unsaturated/α-hetero) is 1. The molecule has 0 spiro atoms.